The Kier molecular flexibility index (Phi) is 4.19. The maximum atomic E-state index is 13.1. The number of rotatable bonds is 3. The minimum absolute atomic E-state index is 0.0565. The van der Waals surface area contributed by atoms with Gasteiger partial charge in [-0.1, -0.05) is 54.6 Å². The van der Waals surface area contributed by atoms with E-state index in [4.69, 9.17) is 0 Å². The van der Waals surface area contributed by atoms with Crippen molar-refractivity contribution in [2.24, 2.45) is 0 Å². The number of likely N-dealkylation sites (N-methyl/N-ethyl adjacent to an activating group) is 1. The van der Waals surface area contributed by atoms with E-state index in [2.05, 4.69) is 11.4 Å². The summed E-state index contributed by atoms with van der Waals surface area (Å²) in [6.07, 6.45) is 0. The van der Waals surface area contributed by atoms with Crippen LogP contribution in [0.2, 0.25) is 0 Å². The number of nitriles is 1. The first-order valence-corrected chi connectivity index (χ1v) is 8.63. The highest BCUT2D eigenvalue weighted by atomic mass is 16.2. The maximum absolute atomic E-state index is 13.1. The Hall–Kier alpha value is -3.84. The first-order chi connectivity index (χ1) is 13.2. The summed E-state index contributed by atoms with van der Waals surface area (Å²) in [7, 11) is 1.78. The Labute approximate surface area is 158 Å². The van der Waals surface area contributed by atoms with E-state index in [-0.39, 0.29) is 5.91 Å². The number of hydrogen-bond donors (Lipinski definition) is 1. The molecule has 0 saturated heterocycles. The van der Waals surface area contributed by atoms with Crippen molar-refractivity contribution in [1.82, 2.24) is 0 Å². The van der Waals surface area contributed by atoms with Crippen LogP contribution < -0.4 is 10.2 Å². The molecule has 1 heterocycles. The van der Waals surface area contributed by atoms with Crippen molar-refractivity contribution in [2.75, 3.05) is 17.3 Å². The van der Waals surface area contributed by atoms with E-state index in [1.54, 1.807) is 24.1 Å². The Morgan fingerprint density at radius 2 is 1.70 bits per heavy atom. The van der Waals surface area contributed by atoms with Gasteiger partial charge in [0.2, 0.25) is 0 Å². The third kappa shape index (κ3) is 2.96. The van der Waals surface area contributed by atoms with Crippen molar-refractivity contribution in [2.45, 2.75) is 0 Å². The monoisotopic (exact) mass is 351 g/mol. The summed E-state index contributed by atoms with van der Waals surface area (Å²) in [4.78, 5) is 14.7. The summed E-state index contributed by atoms with van der Waals surface area (Å²) < 4.78 is 0. The quantitative estimate of drug-likeness (QED) is 0.706. The third-order valence-electron chi connectivity index (χ3n) is 4.63. The van der Waals surface area contributed by atoms with Gasteiger partial charge in [-0.15, -0.1) is 0 Å². The molecule has 1 amide bonds. The molecule has 4 nitrogen and oxygen atoms in total. The predicted molar refractivity (Wildman–Crippen MR) is 108 cm³/mol. The number of para-hydroxylation sites is 1. The van der Waals surface area contributed by atoms with Crippen molar-refractivity contribution in [3.63, 3.8) is 0 Å². The zero-order valence-corrected chi connectivity index (χ0v) is 14.8. The fourth-order valence-electron chi connectivity index (χ4n) is 3.31. The molecular formula is C23H17N3O. The van der Waals surface area contributed by atoms with E-state index in [0.29, 0.717) is 11.1 Å². The molecule has 0 bridgehead atoms. The molecule has 0 saturated carbocycles. The average Bonchev–Trinajstić information content (AvgIpc) is 2.98. The molecule has 0 spiro atoms. The van der Waals surface area contributed by atoms with Crippen molar-refractivity contribution in [1.29, 1.82) is 5.26 Å². The lowest BCUT2D eigenvalue weighted by molar-refractivity contribution is -0.112. The number of anilines is 2. The smallest absolute Gasteiger partial charge is 0.260 e. The minimum atomic E-state index is -0.0565. The molecule has 0 unspecified atom stereocenters. The molecular weight excluding hydrogens is 334 g/mol. The molecule has 130 valence electrons. The molecule has 1 aliphatic heterocycles. The Balaban J connectivity index is 1.93. The molecule has 1 N–H and O–H groups in total. The maximum Gasteiger partial charge on any atom is 0.260 e. The van der Waals surface area contributed by atoms with Crippen LogP contribution in [0.25, 0.3) is 11.3 Å². The van der Waals surface area contributed by atoms with Gasteiger partial charge in [-0.05, 0) is 29.8 Å². The second kappa shape index (κ2) is 6.81. The minimum Gasteiger partial charge on any atom is -0.354 e. The van der Waals surface area contributed by atoms with Gasteiger partial charge >= 0.3 is 0 Å². The Morgan fingerprint density at radius 3 is 2.48 bits per heavy atom. The highest BCUT2D eigenvalue weighted by Gasteiger charge is 2.32. The van der Waals surface area contributed by atoms with Gasteiger partial charge in [0.05, 0.1) is 28.6 Å². The molecule has 3 aromatic rings. The van der Waals surface area contributed by atoms with Crippen LogP contribution in [0.1, 0.15) is 16.7 Å². The average molecular weight is 351 g/mol. The number of fused-ring (bicyclic) bond motifs is 1. The summed E-state index contributed by atoms with van der Waals surface area (Å²) in [6.45, 7) is 0. The number of carbonyl (C=O) groups is 1. The molecule has 4 rings (SSSR count). The zero-order valence-electron chi connectivity index (χ0n) is 14.8. The van der Waals surface area contributed by atoms with Gasteiger partial charge in [0, 0.05) is 18.3 Å². The van der Waals surface area contributed by atoms with Crippen LogP contribution in [-0.4, -0.2) is 13.0 Å². The second-order valence-electron chi connectivity index (χ2n) is 6.31. The standard InChI is InChI=1S/C23H17N3O/c1-26-20-13-6-5-12-19(20)21(23(26)27)22(17-9-3-2-4-10-17)25-18-11-7-8-16(14-18)15-24/h2-14,25H,1H3. The van der Waals surface area contributed by atoms with E-state index in [1.807, 2.05) is 66.7 Å². The lowest BCUT2D eigenvalue weighted by Gasteiger charge is -2.15. The van der Waals surface area contributed by atoms with Crippen molar-refractivity contribution in [3.8, 4) is 6.07 Å². The van der Waals surface area contributed by atoms with E-state index in [1.165, 1.54) is 0 Å². The molecule has 0 aromatic heterocycles. The fourth-order valence-corrected chi connectivity index (χ4v) is 3.31. The Bertz CT molecular complexity index is 1090. The molecule has 0 atom stereocenters. The highest BCUT2D eigenvalue weighted by molar-refractivity contribution is 6.38. The van der Waals surface area contributed by atoms with Crippen LogP contribution in [0.4, 0.5) is 11.4 Å². The van der Waals surface area contributed by atoms with Crippen LogP contribution in [-0.2, 0) is 4.79 Å². The topological polar surface area (TPSA) is 56.1 Å². The SMILES string of the molecule is CN1C(=O)C(=C(Nc2cccc(C#N)c2)c2ccccc2)c2ccccc21. The first-order valence-electron chi connectivity index (χ1n) is 8.63. The first kappa shape index (κ1) is 16.6. The van der Waals surface area contributed by atoms with Crippen molar-refractivity contribution >= 4 is 28.6 Å². The van der Waals surface area contributed by atoms with Crippen LogP contribution in [0.3, 0.4) is 0 Å². The zero-order chi connectivity index (χ0) is 18.8. The van der Waals surface area contributed by atoms with E-state index < -0.39 is 0 Å². The summed E-state index contributed by atoms with van der Waals surface area (Å²) in [5.41, 5.74) is 5.38. The molecule has 0 radical (unpaired) electrons. The number of hydrogen-bond acceptors (Lipinski definition) is 3. The van der Waals surface area contributed by atoms with Gasteiger partial charge in [0.1, 0.15) is 0 Å². The second-order valence-corrected chi connectivity index (χ2v) is 6.31. The van der Waals surface area contributed by atoms with E-state index in [9.17, 15) is 10.1 Å². The van der Waals surface area contributed by atoms with Crippen LogP contribution >= 0.6 is 0 Å². The number of amides is 1. The largest absolute Gasteiger partial charge is 0.354 e. The van der Waals surface area contributed by atoms with Crippen molar-refractivity contribution < 1.29 is 4.79 Å². The number of nitrogens with zero attached hydrogens (tertiary/aromatic N) is 2. The van der Waals surface area contributed by atoms with Gasteiger partial charge in [0.25, 0.3) is 5.91 Å². The summed E-state index contributed by atoms with van der Waals surface area (Å²) in [6, 6.07) is 26.9. The van der Waals surface area contributed by atoms with E-state index >= 15 is 0 Å². The lowest BCUT2D eigenvalue weighted by Crippen LogP contribution is -2.21. The number of benzene rings is 3. The predicted octanol–water partition coefficient (Wildman–Crippen LogP) is 4.52. The van der Waals surface area contributed by atoms with Gasteiger partial charge in [-0.2, -0.15) is 5.26 Å². The van der Waals surface area contributed by atoms with Gasteiger partial charge in [0.15, 0.2) is 0 Å². The fraction of sp³-hybridized carbons (Fsp3) is 0.0435. The molecule has 0 fully saturated rings. The van der Waals surface area contributed by atoms with Gasteiger partial charge in [-0.25, -0.2) is 0 Å². The van der Waals surface area contributed by atoms with Crippen LogP contribution in [0, 0.1) is 11.3 Å². The number of carbonyl (C=O) groups excluding carboxylic acids is 1. The highest BCUT2D eigenvalue weighted by Crippen LogP contribution is 2.40. The third-order valence-corrected chi connectivity index (χ3v) is 4.63. The lowest BCUT2D eigenvalue weighted by atomic mass is 10.00. The molecule has 3 aromatic carbocycles. The van der Waals surface area contributed by atoms with Gasteiger partial charge in [-0.3, -0.25) is 4.79 Å². The summed E-state index contributed by atoms with van der Waals surface area (Å²) in [5.74, 6) is -0.0565. The van der Waals surface area contributed by atoms with Crippen LogP contribution in [0.5, 0.6) is 0 Å². The molecule has 1 aliphatic rings. The molecule has 0 aliphatic carbocycles. The molecule has 4 heteroatoms. The summed E-state index contributed by atoms with van der Waals surface area (Å²) in [5, 5.41) is 12.6. The Morgan fingerprint density at radius 1 is 0.963 bits per heavy atom. The van der Waals surface area contributed by atoms with Crippen LogP contribution in [0.15, 0.2) is 78.9 Å². The van der Waals surface area contributed by atoms with Gasteiger partial charge < -0.3 is 10.2 Å². The van der Waals surface area contributed by atoms with E-state index in [0.717, 1.165) is 28.2 Å². The van der Waals surface area contributed by atoms with Crippen molar-refractivity contribution in [3.05, 3.63) is 95.6 Å². The number of nitrogens with one attached hydrogen (secondary N) is 1. The normalized spacial score (nSPS) is 14.5. The summed E-state index contributed by atoms with van der Waals surface area (Å²) >= 11 is 0. The molecule has 27 heavy (non-hydrogen) atoms.